The topological polar surface area (TPSA) is 72.3 Å². The van der Waals surface area contributed by atoms with Gasteiger partial charge in [0.2, 0.25) is 0 Å². The minimum absolute atomic E-state index is 0.431. The molecular formula is C17H19N3O3. The molecule has 6 nitrogen and oxygen atoms in total. The molecule has 0 saturated heterocycles. The van der Waals surface area contributed by atoms with Crippen molar-refractivity contribution < 1.29 is 9.59 Å². The molecule has 0 saturated carbocycles. The molecule has 1 aromatic heterocycles. The fraction of sp³-hybridized carbons (Fsp3) is 0.294. The van der Waals surface area contributed by atoms with Crippen molar-refractivity contribution in [3.05, 3.63) is 52.3 Å². The second kappa shape index (κ2) is 6.56. The smallest absolute Gasteiger partial charge is 0.267 e. The summed E-state index contributed by atoms with van der Waals surface area (Å²) < 4.78 is 0.958. The van der Waals surface area contributed by atoms with Crippen LogP contribution in [-0.4, -0.2) is 40.5 Å². The Hall–Kier alpha value is -2.76. The molecule has 0 aliphatic rings. The van der Waals surface area contributed by atoms with E-state index in [4.69, 9.17) is 0 Å². The summed E-state index contributed by atoms with van der Waals surface area (Å²) in [6, 6.07) is 9.27. The van der Waals surface area contributed by atoms with Gasteiger partial charge in [-0.1, -0.05) is 29.8 Å². The maximum Gasteiger partial charge on any atom is 0.267 e. The standard InChI is InChI=1S/C17H19N3O3/c1-11-5-7-13(8-6-11)14-9-10-15(22)20(18-14)16(12(2)21)17(23)19(3)4/h5-10,16H,1-4H3/t16-/m1/s1. The number of carbonyl (C=O) groups excluding carboxylic acids is 2. The van der Waals surface area contributed by atoms with E-state index in [-0.39, 0.29) is 0 Å². The number of Topliss-reactive ketones (excluding diaryl/α,β-unsaturated/α-hetero) is 1. The van der Waals surface area contributed by atoms with Gasteiger partial charge in [0.15, 0.2) is 11.8 Å². The number of hydrogen-bond donors (Lipinski definition) is 0. The summed E-state index contributed by atoms with van der Waals surface area (Å²) in [5.41, 5.74) is 1.95. The lowest BCUT2D eigenvalue weighted by atomic mass is 10.1. The molecule has 0 aliphatic carbocycles. The lowest BCUT2D eigenvalue weighted by molar-refractivity contribution is -0.138. The van der Waals surface area contributed by atoms with Crippen molar-refractivity contribution >= 4 is 11.7 Å². The highest BCUT2D eigenvalue weighted by Crippen LogP contribution is 2.17. The number of rotatable bonds is 4. The van der Waals surface area contributed by atoms with Crippen molar-refractivity contribution in [3.63, 3.8) is 0 Å². The first kappa shape index (κ1) is 16.6. The predicted octanol–water partition coefficient (Wildman–Crippen LogP) is 1.44. The molecule has 0 N–H and O–H groups in total. The van der Waals surface area contributed by atoms with Crippen molar-refractivity contribution in [2.24, 2.45) is 0 Å². The van der Waals surface area contributed by atoms with Gasteiger partial charge in [0.1, 0.15) is 0 Å². The molecule has 1 amide bonds. The van der Waals surface area contributed by atoms with Gasteiger partial charge in [0.25, 0.3) is 11.5 Å². The van der Waals surface area contributed by atoms with Crippen molar-refractivity contribution in [1.82, 2.24) is 14.7 Å². The van der Waals surface area contributed by atoms with Crippen LogP contribution in [-0.2, 0) is 9.59 Å². The Bertz CT molecular complexity index is 791. The van der Waals surface area contributed by atoms with Crippen LogP contribution in [0.2, 0.25) is 0 Å². The number of nitrogens with zero attached hydrogens (tertiary/aromatic N) is 3. The zero-order valence-electron chi connectivity index (χ0n) is 13.6. The van der Waals surface area contributed by atoms with Gasteiger partial charge >= 0.3 is 0 Å². The van der Waals surface area contributed by atoms with Crippen LogP contribution in [0.15, 0.2) is 41.2 Å². The fourth-order valence-corrected chi connectivity index (χ4v) is 2.18. The lowest BCUT2D eigenvalue weighted by Gasteiger charge is -2.19. The summed E-state index contributed by atoms with van der Waals surface area (Å²) >= 11 is 0. The Morgan fingerprint density at radius 1 is 1.09 bits per heavy atom. The monoisotopic (exact) mass is 313 g/mol. The van der Waals surface area contributed by atoms with Gasteiger partial charge in [0, 0.05) is 25.7 Å². The van der Waals surface area contributed by atoms with E-state index in [2.05, 4.69) is 5.10 Å². The summed E-state index contributed by atoms with van der Waals surface area (Å²) in [5, 5.41) is 4.23. The van der Waals surface area contributed by atoms with Crippen molar-refractivity contribution in [2.45, 2.75) is 19.9 Å². The normalized spacial score (nSPS) is 11.8. The summed E-state index contributed by atoms with van der Waals surface area (Å²) in [6.45, 7) is 3.25. The molecule has 120 valence electrons. The zero-order chi connectivity index (χ0) is 17.1. The molecule has 1 atom stereocenters. The first-order valence-corrected chi connectivity index (χ1v) is 7.20. The molecule has 0 radical (unpaired) electrons. The van der Waals surface area contributed by atoms with Gasteiger partial charge in [-0.25, -0.2) is 4.68 Å². The summed E-state index contributed by atoms with van der Waals surface area (Å²) in [6.07, 6.45) is 0. The number of aryl methyl sites for hydroxylation is 1. The minimum atomic E-state index is -1.25. The Morgan fingerprint density at radius 2 is 1.70 bits per heavy atom. The molecule has 2 rings (SSSR count). The Balaban J connectivity index is 2.55. The van der Waals surface area contributed by atoms with Crippen molar-refractivity contribution in [2.75, 3.05) is 14.1 Å². The molecule has 0 fully saturated rings. The average Bonchev–Trinajstić information content (AvgIpc) is 2.49. The van der Waals surface area contributed by atoms with Crippen LogP contribution in [0.1, 0.15) is 18.5 Å². The average molecular weight is 313 g/mol. The van der Waals surface area contributed by atoms with Crippen LogP contribution < -0.4 is 5.56 Å². The van der Waals surface area contributed by atoms with Crippen LogP contribution in [0.5, 0.6) is 0 Å². The molecule has 0 unspecified atom stereocenters. The quantitative estimate of drug-likeness (QED) is 0.801. The summed E-state index contributed by atoms with van der Waals surface area (Å²) in [4.78, 5) is 37.5. The van der Waals surface area contributed by atoms with Crippen LogP contribution in [0, 0.1) is 6.92 Å². The first-order valence-electron chi connectivity index (χ1n) is 7.20. The Kier molecular flexibility index (Phi) is 4.74. The van der Waals surface area contributed by atoms with Gasteiger partial charge in [-0.15, -0.1) is 0 Å². The molecule has 6 heteroatoms. The zero-order valence-corrected chi connectivity index (χ0v) is 13.6. The van der Waals surface area contributed by atoms with E-state index in [0.29, 0.717) is 5.69 Å². The number of benzene rings is 1. The molecule has 23 heavy (non-hydrogen) atoms. The largest absolute Gasteiger partial charge is 0.347 e. The number of hydrogen-bond acceptors (Lipinski definition) is 4. The van der Waals surface area contributed by atoms with E-state index < -0.39 is 23.3 Å². The van der Waals surface area contributed by atoms with E-state index in [1.807, 2.05) is 31.2 Å². The summed E-state index contributed by atoms with van der Waals surface area (Å²) in [5.74, 6) is -0.910. The maximum absolute atomic E-state index is 12.2. The maximum atomic E-state index is 12.2. The van der Waals surface area contributed by atoms with E-state index in [1.54, 1.807) is 6.07 Å². The highest BCUT2D eigenvalue weighted by molar-refractivity contribution is 6.02. The second-order valence-electron chi connectivity index (χ2n) is 5.61. The highest BCUT2D eigenvalue weighted by atomic mass is 16.2. The molecule has 1 aromatic carbocycles. The SMILES string of the molecule is CC(=O)[C@H](C(=O)N(C)C)n1nc(-c2ccc(C)cc2)ccc1=O. The first-order chi connectivity index (χ1) is 10.8. The second-order valence-corrected chi connectivity index (χ2v) is 5.61. The Morgan fingerprint density at radius 3 is 2.22 bits per heavy atom. The third kappa shape index (κ3) is 3.53. The van der Waals surface area contributed by atoms with Gasteiger partial charge in [-0.3, -0.25) is 14.4 Å². The van der Waals surface area contributed by atoms with Gasteiger partial charge in [-0.05, 0) is 19.9 Å². The third-order valence-electron chi connectivity index (χ3n) is 3.48. The van der Waals surface area contributed by atoms with Gasteiger partial charge < -0.3 is 4.90 Å². The molecule has 0 spiro atoms. The minimum Gasteiger partial charge on any atom is -0.347 e. The van der Waals surface area contributed by atoms with E-state index in [1.165, 1.54) is 32.0 Å². The lowest BCUT2D eigenvalue weighted by Crippen LogP contribution is -2.41. The third-order valence-corrected chi connectivity index (χ3v) is 3.48. The van der Waals surface area contributed by atoms with E-state index >= 15 is 0 Å². The number of amides is 1. The van der Waals surface area contributed by atoms with Crippen molar-refractivity contribution in [1.29, 1.82) is 0 Å². The van der Waals surface area contributed by atoms with E-state index in [9.17, 15) is 14.4 Å². The van der Waals surface area contributed by atoms with Crippen LogP contribution >= 0.6 is 0 Å². The van der Waals surface area contributed by atoms with Crippen LogP contribution in [0.4, 0.5) is 0 Å². The molecule has 0 aliphatic heterocycles. The van der Waals surface area contributed by atoms with Crippen LogP contribution in [0.25, 0.3) is 11.3 Å². The van der Waals surface area contributed by atoms with Crippen molar-refractivity contribution in [3.8, 4) is 11.3 Å². The van der Waals surface area contributed by atoms with Gasteiger partial charge in [0.05, 0.1) is 5.69 Å². The van der Waals surface area contributed by atoms with Crippen LogP contribution in [0.3, 0.4) is 0 Å². The fourth-order valence-electron chi connectivity index (χ4n) is 2.18. The number of aromatic nitrogens is 2. The van der Waals surface area contributed by atoms with E-state index in [0.717, 1.165) is 15.8 Å². The molecule has 1 heterocycles. The number of carbonyl (C=O) groups is 2. The highest BCUT2D eigenvalue weighted by Gasteiger charge is 2.29. The molecular weight excluding hydrogens is 294 g/mol. The number of likely N-dealkylation sites (N-methyl/N-ethyl adjacent to an activating group) is 1. The summed E-state index contributed by atoms with van der Waals surface area (Å²) in [7, 11) is 3.07. The predicted molar refractivity (Wildman–Crippen MR) is 87.1 cm³/mol. The number of ketones is 1. The Labute approximate surface area is 134 Å². The van der Waals surface area contributed by atoms with Gasteiger partial charge in [-0.2, -0.15) is 5.10 Å². The molecule has 2 aromatic rings. The molecule has 0 bridgehead atoms.